The quantitative estimate of drug-likeness (QED) is 0.341. The second kappa shape index (κ2) is 10.2. The van der Waals surface area contributed by atoms with Crippen molar-refractivity contribution in [1.29, 1.82) is 0 Å². The molecule has 2 aromatic carbocycles. The molecule has 3 fully saturated rings. The fraction of sp³-hybridized carbons (Fsp3) is 0.567. The Balaban J connectivity index is 1.35. The summed E-state index contributed by atoms with van der Waals surface area (Å²) in [6.45, 7) is 5.19. The predicted octanol–water partition coefficient (Wildman–Crippen LogP) is 7.61. The maximum atomic E-state index is 13.4. The highest BCUT2D eigenvalue weighted by Crippen LogP contribution is 2.58. The smallest absolute Gasteiger partial charge is 0.143 e. The Bertz CT molecular complexity index is 854. The number of carbonyl (C=O) groups is 1. The topological polar surface area (TPSA) is 26.3 Å². The molecular formula is C30H40O2. The van der Waals surface area contributed by atoms with Gasteiger partial charge >= 0.3 is 0 Å². The van der Waals surface area contributed by atoms with Crippen LogP contribution in [0.5, 0.6) is 5.75 Å². The lowest BCUT2D eigenvalue weighted by Gasteiger charge is -2.53. The summed E-state index contributed by atoms with van der Waals surface area (Å²) in [6, 6.07) is 17.6. The fourth-order valence-electron chi connectivity index (χ4n) is 5.85. The maximum absolute atomic E-state index is 13.4. The molecule has 0 unspecified atom stereocenters. The van der Waals surface area contributed by atoms with Gasteiger partial charge in [0.05, 0.1) is 6.61 Å². The van der Waals surface area contributed by atoms with Crippen molar-refractivity contribution >= 4 is 5.78 Å². The minimum absolute atomic E-state index is 0.0842. The standard InChI is InChI=1S/C30H40O2/c1-3-5-7-24-8-12-26(13-9-24)29-16-19-30(20-17-29,21-18-29)28(31)23-25-10-14-27(15-11-25)32-22-6-4-2/h8-15H,3-7,16-23H2,1-2H3. The highest BCUT2D eigenvalue weighted by atomic mass is 16.5. The molecule has 2 bridgehead atoms. The highest BCUT2D eigenvalue weighted by Gasteiger charge is 2.52. The number of ketones is 1. The Morgan fingerprint density at radius 1 is 0.781 bits per heavy atom. The van der Waals surface area contributed by atoms with Gasteiger partial charge < -0.3 is 4.74 Å². The Morgan fingerprint density at radius 2 is 1.38 bits per heavy atom. The molecule has 0 N–H and O–H groups in total. The van der Waals surface area contributed by atoms with Gasteiger partial charge in [-0.25, -0.2) is 0 Å². The number of aryl methyl sites for hydroxylation is 1. The lowest BCUT2D eigenvalue weighted by atomic mass is 9.50. The molecule has 0 saturated heterocycles. The van der Waals surface area contributed by atoms with Crippen LogP contribution in [0.2, 0.25) is 0 Å². The fourth-order valence-corrected chi connectivity index (χ4v) is 5.85. The molecule has 0 heterocycles. The summed E-state index contributed by atoms with van der Waals surface area (Å²) < 4.78 is 5.76. The molecule has 32 heavy (non-hydrogen) atoms. The van der Waals surface area contributed by atoms with E-state index in [1.807, 2.05) is 12.1 Å². The van der Waals surface area contributed by atoms with Crippen molar-refractivity contribution in [2.24, 2.45) is 5.41 Å². The van der Waals surface area contributed by atoms with Gasteiger partial charge in [-0.15, -0.1) is 0 Å². The van der Waals surface area contributed by atoms with Crippen molar-refractivity contribution in [2.45, 2.75) is 96.3 Å². The van der Waals surface area contributed by atoms with Crippen LogP contribution < -0.4 is 4.74 Å². The normalized spacial score (nSPS) is 24.4. The van der Waals surface area contributed by atoms with E-state index >= 15 is 0 Å². The first-order valence-electron chi connectivity index (χ1n) is 12.9. The summed E-state index contributed by atoms with van der Waals surface area (Å²) in [6.07, 6.45) is 13.1. The van der Waals surface area contributed by atoms with E-state index in [0.29, 0.717) is 17.6 Å². The lowest BCUT2D eigenvalue weighted by Crippen LogP contribution is -2.48. The van der Waals surface area contributed by atoms with Gasteiger partial charge in [-0.05, 0) is 92.0 Å². The average molecular weight is 433 g/mol. The van der Waals surface area contributed by atoms with Crippen LogP contribution in [-0.2, 0) is 23.1 Å². The first kappa shape index (κ1) is 23.1. The van der Waals surface area contributed by atoms with Crippen LogP contribution in [-0.4, -0.2) is 12.4 Å². The molecule has 3 aliphatic rings. The number of hydrogen-bond acceptors (Lipinski definition) is 2. The van der Waals surface area contributed by atoms with Gasteiger partial charge in [0, 0.05) is 11.8 Å². The van der Waals surface area contributed by atoms with E-state index in [2.05, 4.69) is 50.2 Å². The molecule has 0 amide bonds. The SMILES string of the molecule is CCCCOc1ccc(CC(=O)C23CCC(c4ccc(CCCC)cc4)(CC2)CC3)cc1. The Morgan fingerprint density at radius 3 is 1.97 bits per heavy atom. The van der Waals surface area contributed by atoms with Crippen molar-refractivity contribution in [3.8, 4) is 5.75 Å². The van der Waals surface area contributed by atoms with Crippen LogP contribution in [0.1, 0.15) is 94.7 Å². The zero-order chi connectivity index (χ0) is 22.4. The molecule has 172 valence electrons. The molecule has 0 atom stereocenters. The van der Waals surface area contributed by atoms with Crippen LogP contribution in [0.4, 0.5) is 0 Å². The summed E-state index contributed by atoms with van der Waals surface area (Å²) in [7, 11) is 0. The minimum Gasteiger partial charge on any atom is -0.494 e. The monoisotopic (exact) mass is 432 g/mol. The highest BCUT2D eigenvalue weighted by molar-refractivity contribution is 5.87. The molecule has 3 saturated carbocycles. The van der Waals surface area contributed by atoms with Crippen molar-refractivity contribution < 1.29 is 9.53 Å². The summed E-state index contributed by atoms with van der Waals surface area (Å²) in [5.74, 6) is 1.37. The van der Waals surface area contributed by atoms with Crippen molar-refractivity contribution in [2.75, 3.05) is 6.61 Å². The van der Waals surface area contributed by atoms with Gasteiger partial charge in [0.25, 0.3) is 0 Å². The molecule has 2 nitrogen and oxygen atoms in total. The van der Waals surface area contributed by atoms with Crippen LogP contribution >= 0.6 is 0 Å². The Kier molecular flexibility index (Phi) is 7.38. The van der Waals surface area contributed by atoms with E-state index in [-0.39, 0.29) is 5.41 Å². The van der Waals surface area contributed by atoms with Gasteiger partial charge in [0.2, 0.25) is 0 Å². The van der Waals surface area contributed by atoms with E-state index < -0.39 is 0 Å². The Hall–Kier alpha value is -2.09. The molecule has 2 heteroatoms. The number of carbonyl (C=O) groups excluding carboxylic acids is 1. The molecule has 0 radical (unpaired) electrons. The zero-order valence-corrected chi connectivity index (χ0v) is 20.1. The number of rotatable bonds is 11. The molecule has 0 spiro atoms. The van der Waals surface area contributed by atoms with E-state index in [4.69, 9.17) is 4.74 Å². The number of benzene rings is 2. The number of fused-ring (bicyclic) bond motifs is 3. The Labute approximate surface area is 194 Å². The summed E-state index contributed by atoms with van der Waals surface area (Å²) in [5.41, 5.74) is 4.32. The lowest BCUT2D eigenvalue weighted by molar-refractivity contribution is -0.134. The zero-order valence-electron chi connectivity index (χ0n) is 20.1. The molecule has 3 aliphatic carbocycles. The third kappa shape index (κ3) is 4.95. The third-order valence-electron chi connectivity index (χ3n) is 8.28. The van der Waals surface area contributed by atoms with Crippen LogP contribution in [0, 0.1) is 5.41 Å². The average Bonchev–Trinajstić information content (AvgIpc) is 2.85. The van der Waals surface area contributed by atoms with Gasteiger partial charge in [0.15, 0.2) is 0 Å². The minimum atomic E-state index is -0.0842. The molecule has 0 aromatic heterocycles. The molecule has 5 rings (SSSR count). The molecule has 0 aliphatic heterocycles. The van der Waals surface area contributed by atoms with Crippen LogP contribution in [0.15, 0.2) is 48.5 Å². The van der Waals surface area contributed by atoms with E-state index in [1.54, 1.807) is 0 Å². The summed E-state index contributed by atoms with van der Waals surface area (Å²) in [5, 5.41) is 0. The first-order chi connectivity index (χ1) is 15.6. The number of ether oxygens (including phenoxy) is 1. The van der Waals surface area contributed by atoms with Crippen molar-refractivity contribution in [3.63, 3.8) is 0 Å². The van der Waals surface area contributed by atoms with E-state index in [9.17, 15) is 4.79 Å². The number of unbranched alkanes of at least 4 members (excludes halogenated alkanes) is 2. The van der Waals surface area contributed by atoms with E-state index in [0.717, 1.165) is 69.3 Å². The van der Waals surface area contributed by atoms with Crippen molar-refractivity contribution in [1.82, 2.24) is 0 Å². The van der Waals surface area contributed by atoms with Crippen molar-refractivity contribution in [3.05, 3.63) is 65.2 Å². The van der Waals surface area contributed by atoms with E-state index in [1.165, 1.54) is 30.4 Å². The van der Waals surface area contributed by atoms with Gasteiger partial charge in [-0.2, -0.15) is 0 Å². The van der Waals surface area contributed by atoms with Crippen LogP contribution in [0.3, 0.4) is 0 Å². The van der Waals surface area contributed by atoms with Gasteiger partial charge in [0.1, 0.15) is 11.5 Å². The second-order valence-electron chi connectivity index (χ2n) is 10.3. The number of Topliss-reactive ketones (excluding diaryl/α,β-unsaturated/α-hetero) is 1. The molecular weight excluding hydrogens is 392 g/mol. The maximum Gasteiger partial charge on any atom is 0.143 e. The number of hydrogen-bond donors (Lipinski definition) is 0. The first-order valence-corrected chi connectivity index (χ1v) is 12.9. The summed E-state index contributed by atoms with van der Waals surface area (Å²) in [4.78, 5) is 13.4. The third-order valence-corrected chi connectivity index (χ3v) is 8.28. The predicted molar refractivity (Wildman–Crippen MR) is 132 cm³/mol. The van der Waals surface area contributed by atoms with Gasteiger partial charge in [-0.3, -0.25) is 4.79 Å². The molecule has 2 aromatic rings. The van der Waals surface area contributed by atoms with Crippen LogP contribution in [0.25, 0.3) is 0 Å². The largest absolute Gasteiger partial charge is 0.494 e. The second-order valence-corrected chi connectivity index (χ2v) is 10.3. The summed E-state index contributed by atoms with van der Waals surface area (Å²) >= 11 is 0. The van der Waals surface area contributed by atoms with Gasteiger partial charge in [-0.1, -0.05) is 63.1 Å².